The number of anilines is 1. The second-order valence-corrected chi connectivity index (χ2v) is 6.81. The van der Waals surface area contributed by atoms with Crippen LogP contribution < -0.4 is 20.1 Å². The van der Waals surface area contributed by atoms with Crippen LogP contribution in [0.25, 0.3) is 0 Å². The van der Waals surface area contributed by atoms with Gasteiger partial charge in [0, 0.05) is 18.2 Å². The summed E-state index contributed by atoms with van der Waals surface area (Å²) < 4.78 is 45.3. The summed E-state index contributed by atoms with van der Waals surface area (Å²) in [5.41, 5.74) is 0.278. The first-order valence-corrected chi connectivity index (χ1v) is 9.34. The summed E-state index contributed by atoms with van der Waals surface area (Å²) in [5, 5.41) is 5.53. The number of alkyl halides is 3. The van der Waals surface area contributed by atoms with E-state index in [0.717, 1.165) is 18.3 Å². The summed E-state index contributed by atoms with van der Waals surface area (Å²) in [6, 6.07) is 6.72. The Morgan fingerprint density at radius 3 is 2.35 bits per heavy atom. The van der Waals surface area contributed by atoms with Crippen molar-refractivity contribution in [2.75, 3.05) is 11.9 Å². The minimum absolute atomic E-state index is 0.0456. The highest BCUT2D eigenvalue weighted by atomic mass is 35.5. The number of rotatable bonds is 9. The molecule has 2 amide bonds. The largest absolute Gasteiger partial charge is 0.573 e. The van der Waals surface area contributed by atoms with E-state index in [9.17, 15) is 22.8 Å². The van der Waals surface area contributed by atoms with Crippen LogP contribution >= 0.6 is 23.2 Å². The molecule has 0 saturated carbocycles. The van der Waals surface area contributed by atoms with E-state index in [-0.39, 0.29) is 36.0 Å². The maximum absolute atomic E-state index is 12.1. The lowest BCUT2D eigenvalue weighted by Crippen LogP contribution is -2.28. The number of aromatic nitrogens is 1. The van der Waals surface area contributed by atoms with Gasteiger partial charge in [-0.15, -0.1) is 13.2 Å². The van der Waals surface area contributed by atoms with Crippen LogP contribution in [-0.2, 0) is 9.59 Å². The SMILES string of the molecule is C=C(CCC(=O)Nc1ccc(OC(F)(F)F)cn1)NC(=O)COc1ccc(Cl)c(Cl)c1. The Morgan fingerprint density at radius 2 is 1.74 bits per heavy atom. The first-order chi connectivity index (χ1) is 14.5. The molecule has 0 aliphatic heterocycles. The molecule has 0 saturated heterocycles. The van der Waals surface area contributed by atoms with E-state index < -0.39 is 23.9 Å². The molecule has 2 aromatic rings. The minimum Gasteiger partial charge on any atom is -0.484 e. The Bertz CT molecular complexity index is 953. The van der Waals surface area contributed by atoms with Crippen molar-refractivity contribution >= 4 is 40.8 Å². The van der Waals surface area contributed by atoms with E-state index >= 15 is 0 Å². The highest BCUT2D eigenvalue weighted by molar-refractivity contribution is 6.42. The van der Waals surface area contributed by atoms with E-state index in [1.165, 1.54) is 12.1 Å². The number of amides is 2. The molecule has 1 heterocycles. The van der Waals surface area contributed by atoms with Crippen molar-refractivity contribution in [3.05, 3.63) is 58.8 Å². The summed E-state index contributed by atoms with van der Waals surface area (Å²) in [4.78, 5) is 27.5. The molecule has 1 aromatic carbocycles. The molecule has 31 heavy (non-hydrogen) atoms. The monoisotopic (exact) mass is 477 g/mol. The molecule has 7 nitrogen and oxygen atoms in total. The molecule has 0 aliphatic rings. The van der Waals surface area contributed by atoms with Gasteiger partial charge in [-0.05, 0) is 30.7 Å². The van der Waals surface area contributed by atoms with Crippen LogP contribution in [0.4, 0.5) is 19.0 Å². The Hall–Kier alpha value is -2.98. The molecular weight excluding hydrogens is 462 g/mol. The third kappa shape index (κ3) is 9.14. The van der Waals surface area contributed by atoms with Crippen LogP contribution in [-0.4, -0.2) is 29.8 Å². The van der Waals surface area contributed by atoms with Gasteiger partial charge in [0.2, 0.25) is 5.91 Å². The van der Waals surface area contributed by atoms with Crippen LogP contribution in [0.15, 0.2) is 48.8 Å². The Kier molecular flexibility index (Phi) is 8.52. The highest BCUT2D eigenvalue weighted by Gasteiger charge is 2.31. The summed E-state index contributed by atoms with van der Waals surface area (Å²) in [6.45, 7) is 3.35. The molecule has 0 fully saturated rings. The van der Waals surface area contributed by atoms with Crippen molar-refractivity contribution in [2.45, 2.75) is 19.2 Å². The zero-order valence-corrected chi connectivity index (χ0v) is 17.3. The van der Waals surface area contributed by atoms with E-state index in [4.69, 9.17) is 27.9 Å². The van der Waals surface area contributed by atoms with Crippen LogP contribution in [0.5, 0.6) is 11.5 Å². The number of benzene rings is 1. The van der Waals surface area contributed by atoms with Crippen LogP contribution in [0.1, 0.15) is 12.8 Å². The maximum Gasteiger partial charge on any atom is 0.573 e. The summed E-state index contributed by atoms with van der Waals surface area (Å²) >= 11 is 11.6. The standard InChI is InChI=1S/C19H16Cl2F3N3O4/c1-11(26-18(29)10-30-12-3-5-14(20)15(21)8-12)2-7-17(28)27-16-6-4-13(9-25-16)31-19(22,23)24/h3-6,8-9H,1-2,7,10H2,(H,26,29)(H,25,27,28). The number of hydrogen-bond donors (Lipinski definition) is 2. The topological polar surface area (TPSA) is 89.5 Å². The second-order valence-electron chi connectivity index (χ2n) is 5.99. The van der Waals surface area contributed by atoms with Crippen LogP contribution in [0.3, 0.4) is 0 Å². The number of carbonyl (C=O) groups excluding carboxylic acids is 2. The molecular formula is C19H16Cl2F3N3O4. The fourth-order valence-corrected chi connectivity index (χ4v) is 2.42. The minimum atomic E-state index is -4.83. The quantitative estimate of drug-likeness (QED) is 0.545. The van der Waals surface area contributed by atoms with E-state index in [2.05, 4.69) is 26.9 Å². The van der Waals surface area contributed by atoms with Crippen LogP contribution in [0, 0.1) is 0 Å². The molecule has 0 radical (unpaired) electrons. The average molecular weight is 478 g/mol. The summed E-state index contributed by atoms with van der Waals surface area (Å²) in [6.07, 6.45) is -3.92. The van der Waals surface area contributed by atoms with Gasteiger partial charge in [0.05, 0.1) is 16.2 Å². The maximum atomic E-state index is 12.1. The van der Waals surface area contributed by atoms with Crippen molar-refractivity contribution in [2.24, 2.45) is 0 Å². The lowest BCUT2D eigenvalue weighted by Gasteiger charge is -2.11. The molecule has 166 valence electrons. The number of carbonyl (C=O) groups is 2. The first kappa shape index (κ1) is 24.3. The van der Waals surface area contributed by atoms with Gasteiger partial charge in [-0.2, -0.15) is 0 Å². The van der Waals surface area contributed by atoms with Gasteiger partial charge in [0.1, 0.15) is 17.3 Å². The molecule has 0 atom stereocenters. The van der Waals surface area contributed by atoms with E-state index in [1.54, 1.807) is 6.07 Å². The fraction of sp³-hybridized carbons (Fsp3) is 0.211. The fourth-order valence-electron chi connectivity index (χ4n) is 2.13. The second kappa shape index (κ2) is 10.9. The lowest BCUT2D eigenvalue weighted by atomic mass is 10.2. The lowest BCUT2D eigenvalue weighted by molar-refractivity contribution is -0.274. The van der Waals surface area contributed by atoms with Crippen LogP contribution in [0.2, 0.25) is 10.0 Å². The van der Waals surface area contributed by atoms with Gasteiger partial charge < -0.3 is 20.1 Å². The number of pyridine rings is 1. The highest BCUT2D eigenvalue weighted by Crippen LogP contribution is 2.26. The Balaban J connectivity index is 1.70. The number of nitrogens with zero attached hydrogens (tertiary/aromatic N) is 1. The van der Waals surface area contributed by atoms with Crippen molar-refractivity contribution in [3.8, 4) is 11.5 Å². The van der Waals surface area contributed by atoms with Gasteiger partial charge in [0.25, 0.3) is 5.91 Å². The number of nitrogens with one attached hydrogen (secondary N) is 2. The van der Waals surface area contributed by atoms with E-state index in [1.807, 2.05) is 0 Å². The van der Waals surface area contributed by atoms with Crippen molar-refractivity contribution < 1.29 is 32.2 Å². The average Bonchev–Trinajstić information content (AvgIpc) is 2.68. The molecule has 2 rings (SSSR count). The van der Waals surface area contributed by atoms with Gasteiger partial charge >= 0.3 is 6.36 Å². The molecule has 0 spiro atoms. The number of ether oxygens (including phenoxy) is 2. The number of hydrogen-bond acceptors (Lipinski definition) is 5. The van der Waals surface area contributed by atoms with Gasteiger partial charge in [0.15, 0.2) is 6.61 Å². The van der Waals surface area contributed by atoms with Gasteiger partial charge in [-0.25, -0.2) is 4.98 Å². The van der Waals surface area contributed by atoms with Gasteiger partial charge in [-0.3, -0.25) is 9.59 Å². The normalized spacial score (nSPS) is 10.9. The van der Waals surface area contributed by atoms with Crippen molar-refractivity contribution in [3.63, 3.8) is 0 Å². The van der Waals surface area contributed by atoms with Gasteiger partial charge in [-0.1, -0.05) is 29.8 Å². The van der Waals surface area contributed by atoms with E-state index in [0.29, 0.717) is 10.8 Å². The molecule has 2 N–H and O–H groups in total. The predicted molar refractivity (Wildman–Crippen MR) is 108 cm³/mol. The summed E-state index contributed by atoms with van der Waals surface area (Å²) in [5.74, 6) is -1.07. The molecule has 0 bridgehead atoms. The van der Waals surface area contributed by atoms with Crippen molar-refractivity contribution in [1.29, 1.82) is 0 Å². The number of allylic oxidation sites excluding steroid dienone is 1. The molecule has 0 aliphatic carbocycles. The third-order valence-corrected chi connectivity index (χ3v) is 4.21. The predicted octanol–water partition coefficient (Wildman–Crippen LogP) is 4.71. The summed E-state index contributed by atoms with van der Waals surface area (Å²) in [7, 11) is 0. The zero-order valence-electron chi connectivity index (χ0n) is 15.8. The van der Waals surface area contributed by atoms with Crippen molar-refractivity contribution in [1.82, 2.24) is 10.3 Å². The number of halogens is 5. The third-order valence-electron chi connectivity index (χ3n) is 3.47. The Morgan fingerprint density at radius 1 is 1.03 bits per heavy atom. The zero-order chi connectivity index (χ0) is 23.0. The molecule has 1 aromatic heterocycles. The Labute approximate surface area is 185 Å². The molecule has 12 heteroatoms. The smallest absolute Gasteiger partial charge is 0.484 e. The first-order valence-electron chi connectivity index (χ1n) is 8.59. The molecule has 0 unspecified atom stereocenters.